The average Bonchev–Trinajstić information content (AvgIpc) is 2.99. The molecule has 306 valence electrons. The van der Waals surface area contributed by atoms with Crippen LogP contribution in [0.15, 0.2) is 72.5 Å². The molecule has 0 aliphatic heterocycles. The third kappa shape index (κ3) is 18.3. The number of aliphatic hydroxyl groups excluding tert-OH is 2. The van der Waals surface area contributed by atoms with Gasteiger partial charge in [0.2, 0.25) is 0 Å². The number of carbonyl (C=O) groups excluding carboxylic acids is 2. The Labute approximate surface area is 356 Å². The van der Waals surface area contributed by atoms with Crippen LogP contribution < -0.4 is 0 Å². The molecule has 8 heteroatoms. The summed E-state index contributed by atoms with van der Waals surface area (Å²) in [5.74, 6) is 0.208. The number of benzene rings is 1. The molecule has 3 aromatic rings. The molecule has 0 amide bonds. The first kappa shape index (κ1) is 53.4. The number of hydrogen-bond donors (Lipinski definition) is 2. The number of allylic oxidation sites excluding steroid dienone is 4. The molecule has 0 radical (unpaired) electrons. The second-order valence-electron chi connectivity index (χ2n) is 19.6. The molecule has 0 spiro atoms. The summed E-state index contributed by atoms with van der Waals surface area (Å²) in [6.07, 6.45) is 6.40. The van der Waals surface area contributed by atoms with Crippen molar-refractivity contribution in [3.63, 3.8) is 0 Å². The van der Waals surface area contributed by atoms with Crippen LogP contribution in [-0.2, 0) is 62.5 Å². The zero-order valence-corrected chi connectivity index (χ0v) is 40.6. The fourth-order valence-electron chi connectivity index (χ4n) is 3.88. The van der Waals surface area contributed by atoms with Crippen molar-refractivity contribution in [2.75, 3.05) is 0 Å². The van der Waals surface area contributed by atoms with E-state index in [4.69, 9.17) is 0 Å². The number of ketones is 2. The van der Waals surface area contributed by atoms with E-state index in [-0.39, 0.29) is 86.9 Å². The summed E-state index contributed by atoms with van der Waals surface area (Å²) in [5.41, 5.74) is 4.95. The van der Waals surface area contributed by atoms with Gasteiger partial charge >= 0.3 is 0 Å². The van der Waals surface area contributed by atoms with Gasteiger partial charge in [0.25, 0.3) is 0 Å². The van der Waals surface area contributed by atoms with E-state index >= 15 is 0 Å². The molecule has 2 heterocycles. The molecular formula is C46H66N2O4Pt2-2. The molecule has 0 bridgehead atoms. The first-order valence-electron chi connectivity index (χ1n) is 18.0. The monoisotopic (exact) mass is 1100 g/mol. The van der Waals surface area contributed by atoms with E-state index in [9.17, 15) is 19.8 Å². The SMILES string of the molecule is CC(C)(C)C(=O)/C=C(\O)C(C)(C)C.CC(C)(C)C(=O)/C=C(\O)C(C)(C)C.CC(C)(C)c1ccnc(-c2[c-]cc(-c3cc(C(C)(C)C)ccn3)[c-]c2)c1.[Pt].[Pt]. The number of rotatable bonds is 4. The molecule has 0 atom stereocenters. The van der Waals surface area contributed by atoms with Crippen LogP contribution in [0.2, 0.25) is 0 Å². The van der Waals surface area contributed by atoms with Crippen LogP contribution in [0.1, 0.15) is 136 Å². The van der Waals surface area contributed by atoms with Gasteiger partial charge in [-0.05, 0) is 34.1 Å². The van der Waals surface area contributed by atoms with Crippen LogP contribution in [0.5, 0.6) is 0 Å². The maximum absolute atomic E-state index is 11.5. The summed E-state index contributed by atoms with van der Waals surface area (Å²) in [4.78, 5) is 32.0. The van der Waals surface area contributed by atoms with Crippen LogP contribution in [0.25, 0.3) is 22.5 Å². The Kier molecular flexibility index (Phi) is 20.3. The van der Waals surface area contributed by atoms with Crippen LogP contribution in [0, 0.1) is 33.8 Å². The van der Waals surface area contributed by atoms with E-state index in [2.05, 4.69) is 87.9 Å². The topological polar surface area (TPSA) is 100 Å². The second kappa shape index (κ2) is 20.5. The summed E-state index contributed by atoms with van der Waals surface area (Å²) >= 11 is 0. The molecule has 0 fully saturated rings. The molecule has 6 nitrogen and oxygen atoms in total. The predicted octanol–water partition coefficient (Wildman–Crippen LogP) is 12.2. The first-order chi connectivity index (χ1) is 23.2. The van der Waals surface area contributed by atoms with Gasteiger partial charge < -0.3 is 20.2 Å². The van der Waals surface area contributed by atoms with Crippen molar-refractivity contribution in [2.24, 2.45) is 21.7 Å². The van der Waals surface area contributed by atoms with Crippen molar-refractivity contribution in [3.05, 3.63) is 95.7 Å². The van der Waals surface area contributed by atoms with E-state index in [0.717, 1.165) is 22.5 Å². The van der Waals surface area contributed by atoms with Gasteiger partial charge in [-0.25, -0.2) is 35.4 Å². The third-order valence-electron chi connectivity index (χ3n) is 8.10. The maximum Gasteiger partial charge on any atom is 0.164 e. The van der Waals surface area contributed by atoms with E-state index in [1.165, 1.54) is 23.3 Å². The Morgan fingerprint density at radius 3 is 1.00 bits per heavy atom. The Morgan fingerprint density at radius 1 is 0.519 bits per heavy atom. The van der Waals surface area contributed by atoms with Crippen molar-refractivity contribution in [1.29, 1.82) is 0 Å². The normalized spacial score (nSPS) is 12.9. The first-order valence-corrected chi connectivity index (χ1v) is 18.0. The van der Waals surface area contributed by atoms with E-state index in [0.29, 0.717) is 0 Å². The van der Waals surface area contributed by atoms with E-state index in [1.54, 1.807) is 0 Å². The van der Waals surface area contributed by atoms with E-state index < -0.39 is 10.8 Å². The van der Waals surface area contributed by atoms with Gasteiger partial charge in [0.1, 0.15) is 11.5 Å². The molecule has 0 saturated heterocycles. The quantitative estimate of drug-likeness (QED) is 0.153. The number of carbonyl (C=O) groups is 2. The van der Waals surface area contributed by atoms with Gasteiger partial charge in [-0.15, -0.1) is 0 Å². The van der Waals surface area contributed by atoms with Gasteiger partial charge in [0.05, 0.1) is 0 Å². The summed E-state index contributed by atoms with van der Waals surface area (Å²) in [6, 6.07) is 19.0. The molecule has 2 aromatic heterocycles. The Bertz CT molecular complexity index is 1590. The molecule has 0 unspecified atom stereocenters. The number of aromatic nitrogens is 2. The second-order valence-corrected chi connectivity index (χ2v) is 19.6. The van der Waals surface area contributed by atoms with Crippen molar-refractivity contribution in [1.82, 2.24) is 9.97 Å². The van der Waals surface area contributed by atoms with Crippen molar-refractivity contribution in [3.8, 4) is 22.5 Å². The smallest absolute Gasteiger partial charge is 0.164 e. The van der Waals surface area contributed by atoms with Gasteiger partial charge in [-0.1, -0.05) is 148 Å². The zero-order chi connectivity index (χ0) is 40.7. The third-order valence-corrected chi connectivity index (χ3v) is 8.10. The molecule has 0 saturated carbocycles. The molecule has 54 heavy (non-hydrogen) atoms. The summed E-state index contributed by atoms with van der Waals surface area (Å²) < 4.78 is 0. The van der Waals surface area contributed by atoms with Crippen molar-refractivity contribution in [2.45, 2.75) is 135 Å². The minimum absolute atomic E-state index is 0. The van der Waals surface area contributed by atoms with Gasteiger partial charge in [-0.2, -0.15) is 0 Å². The van der Waals surface area contributed by atoms with Crippen LogP contribution >= 0.6 is 0 Å². The van der Waals surface area contributed by atoms with Crippen LogP contribution in [0.3, 0.4) is 0 Å². The molecule has 2 N–H and O–H groups in total. The van der Waals surface area contributed by atoms with Crippen LogP contribution in [0.4, 0.5) is 0 Å². The standard InChI is InChI=1S/C24H26N2.2C11H20O2.2Pt/c1-23(2,3)19-11-13-25-21(15-19)17-7-9-18(10-8-17)22-16-20(12-14-26-22)24(4,5)6;2*1-10(2,3)8(12)7-9(13)11(4,5)6;;/h7,10-16H,1-6H3;2*7,12H,1-6H3;;/q-2;;;;/b;2*8-7-;;. The number of pyridine rings is 2. The molecular weight excluding hydrogens is 1030 g/mol. The summed E-state index contributed by atoms with van der Waals surface area (Å²) in [6.45, 7) is 35.5. The van der Waals surface area contributed by atoms with Crippen molar-refractivity contribution >= 4 is 11.6 Å². The Morgan fingerprint density at radius 2 is 0.796 bits per heavy atom. The van der Waals surface area contributed by atoms with Gasteiger partial charge in [0, 0.05) is 88.3 Å². The van der Waals surface area contributed by atoms with Crippen LogP contribution in [-0.4, -0.2) is 31.7 Å². The molecule has 0 aliphatic rings. The predicted molar refractivity (Wildman–Crippen MR) is 217 cm³/mol. The molecule has 3 rings (SSSR count). The average molecular weight is 1100 g/mol. The maximum atomic E-state index is 11.5. The Balaban J connectivity index is 0. The van der Waals surface area contributed by atoms with Gasteiger partial charge in [0.15, 0.2) is 11.6 Å². The van der Waals surface area contributed by atoms with E-state index in [1.807, 2.05) is 108 Å². The minimum Gasteiger partial charge on any atom is -0.512 e. The number of aliphatic hydroxyl groups is 2. The van der Waals surface area contributed by atoms with Crippen molar-refractivity contribution < 1.29 is 61.9 Å². The number of hydrogen-bond acceptors (Lipinski definition) is 6. The van der Waals surface area contributed by atoms with Gasteiger partial charge in [-0.3, -0.25) is 9.59 Å². The number of nitrogens with zero attached hydrogens (tertiary/aromatic N) is 2. The fourth-order valence-corrected chi connectivity index (χ4v) is 3.88. The fraction of sp³-hybridized carbons (Fsp3) is 0.522. The minimum atomic E-state index is -0.417. The summed E-state index contributed by atoms with van der Waals surface area (Å²) in [7, 11) is 0. The molecule has 1 aromatic carbocycles. The zero-order valence-electron chi connectivity index (χ0n) is 36.0. The molecule has 0 aliphatic carbocycles. The summed E-state index contributed by atoms with van der Waals surface area (Å²) in [5, 5.41) is 19.1. The largest absolute Gasteiger partial charge is 0.512 e. The Hall–Kier alpha value is -2.68.